The first-order chi connectivity index (χ1) is 7.99. The fourth-order valence-corrected chi connectivity index (χ4v) is 4.02. The minimum Gasteiger partial charge on any atom is -0.130 e. The van der Waals surface area contributed by atoms with Crippen molar-refractivity contribution in [3.8, 4) is 0 Å². The van der Waals surface area contributed by atoms with E-state index in [2.05, 4.69) is 31.9 Å². The smallest absolute Gasteiger partial charge is 0.0928 e. The van der Waals surface area contributed by atoms with E-state index in [-0.39, 0.29) is 5.38 Å². The highest BCUT2D eigenvalue weighted by Crippen LogP contribution is 2.40. The molecule has 5 heteroatoms. The first-order valence-electron chi connectivity index (χ1n) is 4.84. The molecule has 0 bridgehead atoms. The third-order valence-corrected chi connectivity index (χ3v) is 6.75. The zero-order valence-electron chi connectivity index (χ0n) is 8.81. The van der Waals surface area contributed by atoms with Crippen LogP contribution in [-0.2, 0) is 0 Å². The Balaban J connectivity index is 2.36. The van der Waals surface area contributed by atoms with Gasteiger partial charge < -0.3 is 0 Å². The zero-order chi connectivity index (χ0) is 12.6. The lowest BCUT2D eigenvalue weighted by molar-refractivity contribution is 1.17. The average molecular weight is 415 g/mol. The first kappa shape index (κ1) is 13.9. The van der Waals surface area contributed by atoms with E-state index in [1.54, 1.807) is 11.3 Å². The summed E-state index contributed by atoms with van der Waals surface area (Å²) in [7, 11) is 0. The monoisotopic (exact) mass is 412 g/mol. The third kappa shape index (κ3) is 3.07. The van der Waals surface area contributed by atoms with Gasteiger partial charge in [-0.05, 0) is 62.0 Å². The van der Waals surface area contributed by atoms with Crippen molar-refractivity contribution in [2.24, 2.45) is 0 Å². The lowest BCUT2D eigenvalue weighted by atomic mass is 10.1. The van der Waals surface area contributed by atoms with Gasteiger partial charge in [-0.1, -0.05) is 23.7 Å². The molecule has 1 aromatic carbocycles. The molecule has 0 radical (unpaired) electrons. The molecule has 0 N–H and O–H groups in total. The predicted molar refractivity (Wildman–Crippen MR) is 83.6 cm³/mol. The van der Waals surface area contributed by atoms with Gasteiger partial charge in [0.05, 0.1) is 9.16 Å². The predicted octanol–water partition coefficient (Wildman–Crippen LogP) is 6.56. The molecule has 1 heterocycles. The fourth-order valence-electron chi connectivity index (χ4n) is 1.48. The summed E-state index contributed by atoms with van der Waals surface area (Å²) in [6.07, 6.45) is 0. The topological polar surface area (TPSA) is 0 Å². The van der Waals surface area contributed by atoms with Gasteiger partial charge in [-0.15, -0.1) is 22.9 Å². The number of thiophene rings is 1. The van der Waals surface area contributed by atoms with Gasteiger partial charge in [0.25, 0.3) is 0 Å². The maximum atomic E-state index is 6.47. The van der Waals surface area contributed by atoms with E-state index in [4.69, 9.17) is 23.2 Å². The highest BCUT2D eigenvalue weighted by molar-refractivity contribution is 9.13. The van der Waals surface area contributed by atoms with Crippen molar-refractivity contribution in [2.45, 2.75) is 12.3 Å². The average Bonchev–Trinajstić information content (AvgIpc) is 2.62. The minimum absolute atomic E-state index is 0.140. The van der Waals surface area contributed by atoms with E-state index < -0.39 is 0 Å². The molecule has 0 saturated carbocycles. The van der Waals surface area contributed by atoms with E-state index in [0.29, 0.717) is 0 Å². The maximum absolute atomic E-state index is 6.47. The Morgan fingerprint density at radius 2 is 1.94 bits per heavy atom. The lowest BCUT2D eigenvalue weighted by Gasteiger charge is -2.09. The second-order valence-corrected chi connectivity index (χ2v) is 7.74. The summed E-state index contributed by atoms with van der Waals surface area (Å²) in [4.78, 5) is 1.10. The largest absolute Gasteiger partial charge is 0.130 e. The third-order valence-electron chi connectivity index (χ3n) is 2.39. The Bertz CT molecular complexity index is 532. The second kappa shape index (κ2) is 5.62. The summed E-state index contributed by atoms with van der Waals surface area (Å²) >= 11 is 21.0. The Kier molecular flexibility index (Phi) is 4.59. The molecule has 1 atom stereocenters. The summed E-state index contributed by atoms with van der Waals surface area (Å²) in [5.41, 5.74) is 2.11. The van der Waals surface area contributed by atoms with Crippen molar-refractivity contribution in [3.05, 3.63) is 53.6 Å². The molecule has 2 rings (SSSR count). The van der Waals surface area contributed by atoms with Gasteiger partial charge in [0, 0.05) is 14.4 Å². The summed E-state index contributed by atoms with van der Waals surface area (Å²) in [6, 6.07) is 7.92. The molecular formula is C12H8Br2Cl2S. The molecule has 0 fully saturated rings. The van der Waals surface area contributed by atoms with Crippen LogP contribution in [0.5, 0.6) is 0 Å². The Morgan fingerprint density at radius 3 is 2.47 bits per heavy atom. The molecule has 0 aliphatic rings. The maximum Gasteiger partial charge on any atom is 0.0928 e. The van der Waals surface area contributed by atoms with E-state index in [1.165, 1.54) is 0 Å². The molecule has 17 heavy (non-hydrogen) atoms. The van der Waals surface area contributed by atoms with E-state index >= 15 is 0 Å². The second-order valence-electron chi connectivity index (χ2n) is 3.64. The highest BCUT2D eigenvalue weighted by atomic mass is 79.9. The van der Waals surface area contributed by atoms with Crippen molar-refractivity contribution in [3.63, 3.8) is 0 Å². The standard InChI is InChI=1S/C12H8Br2Cl2S/c1-6-4-7(2-3-9(6)15)11(16)10-5-8(13)12(14)17-10/h2-5,11H,1H3. The summed E-state index contributed by atoms with van der Waals surface area (Å²) in [6.45, 7) is 1.98. The van der Waals surface area contributed by atoms with Crippen LogP contribution >= 0.6 is 66.4 Å². The van der Waals surface area contributed by atoms with Gasteiger partial charge in [0.2, 0.25) is 0 Å². The fraction of sp³-hybridized carbons (Fsp3) is 0.167. The number of hydrogen-bond donors (Lipinski definition) is 0. The Hall–Kier alpha value is 0.460. The molecule has 0 spiro atoms. The lowest BCUT2D eigenvalue weighted by Crippen LogP contribution is -1.91. The Morgan fingerprint density at radius 1 is 1.24 bits per heavy atom. The highest BCUT2D eigenvalue weighted by Gasteiger charge is 2.15. The van der Waals surface area contributed by atoms with Gasteiger partial charge in [-0.3, -0.25) is 0 Å². The zero-order valence-corrected chi connectivity index (χ0v) is 14.3. The van der Waals surface area contributed by atoms with Crippen molar-refractivity contribution < 1.29 is 0 Å². The van der Waals surface area contributed by atoms with E-state index in [1.807, 2.05) is 31.2 Å². The van der Waals surface area contributed by atoms with Crippen LogP contribution in [0.1, 0.15) is 21.4 Å². The number of benzene rings is 1. The molecule has 1 aromatic heterocycles. The van der Waals surface area contributed by atoms with Crippen LogP contribution in [-0.4, -0.2) is 0 Å². The number of alkyl halides is 1. The van der Waals surface area contributed by atoms with Crippen molar-refractivity contribution in [1.82, 2.24) is 0 Å². The molecule has 1 unspecified atom stereocenters. The number of hydrogen-bond acceptors (Lipinski definition) is 1. The summed E-state index contributed by atoms with van der Waals surface area (Å²) < 4.78 is 2.10. The van der Waals surface area contributed by atoms with E-state index in [0.717, 1.165) is 29.3 Å². The Labute approximate surface area is 131 Å². The normalized spacial score (nSPS) is 12.8. The minimum atomic E-state index is -0.140. The van der Waals surface area contributed by atoms with Crippen LogP contribution in [0.15, 0.2) is 32.5 Å². The van der Waals surface area contributed by atoms with E-state index in [9.17, 15) is 0 Å². The first-order valence-corrected chi connectivity index (χ1v) is 8.05. The van der Waals surface area contributed by atoms with Gasteiger partial charge >= 0.3 is 0 Å². The number of halogens is 4. The molecule has 0 aliphatic carbocycles. The molecule has 0 nitrogen and oxygen atoms in total. The molecule has 0 amide bonds. The van der Waals surface area contributed by atoms with Crippen LogP contribution in [0.25, 0.3) is 0 Å². The van der Waals surface area contributed by atoms with Crippen LogP contribution in [0.2, 0.25) is 5.02 Å². The van der Waals surface area contributed by atoms with Gasteiger partial charge in [0.1, 0.15) is 0 Å². The van der Waals surface area contributed by atoms with Gasteiger partial charge in [-0.25, -0.2) is 0 Å². The molecule has 0 aliphatic heterocycles. The van der Waals surface area contributed by atoms with Crippen molar-refractivity contribution >= 4 is 66.4 Å². The van der Waals surface area contributed by atoms with Crippen LogP contribution in [0, 0.1) is 6.92 Å². The summed E-state index contributed by atoms with van der Waals surface area (Å²) in [5.74, 6) is 0. The van der Waals surface area contributed by atoms with Crippen molar-refractivity contribution in [1.29, 1.82) is 0 Å². The molecular weight excluding hydrogens is 407 g/mol. The number of aryl methyl sites for hydroxylation is 1. The number of rotatable bonds is 2. The quantitative estimate of drug-likeness (QED) is 0.488. The molecule has 2 aromatic rings. The van der Waals surface area contributed by atoms with Crippen LogP contribution < -0.4 is 0 Å². The molecule has 0 saturated heterocycles. The molecule has 90 valence electrons. The van der Waals surface area contributed by atoms with Crippen molar-refractivity contribution in [2.75, 3.05) is 0 Å². The van der Waals surface area contributed by atoms with Crippen LogP contribution in [0.3, 0.4) is 0 Å². The summed E-state index contributed by atoms with van der Waals surface area (Å²) in [5, 5.41) is 0.629. The van der Waals surface area contributed by atoms with Crippen LogP contribution in [0.4, 0.5) is 0 Å². The van der Waals surface area contributed by atoms with Gasteiger partial charge in [0.15, 0.2) is 0 Å². The van der Waals surface area contributed by atoms with Gasteiger partial charge in [-0.2, -0.15) is 0 Å². The SMILES string of the molecule is Cc1cc(C(Cl)c2cc(Br)c(Br)s2)ccc1Cl.